The smallest absolute Gasteiger partial charge is 0.339 e. The monoisotopic (exact) mass is 234 g/mol. The highest BCUT2D eigenvalue weighted by atomic mass is 16.4. The Morgan fingerprint density at radius 3 is 2.76 bits per heavy atom. The van der Waals surface area contributed by atoms with Gasteiger partial charge in [-0.3, -0.25) is 4.68 Å². The van der Waals surface area contributed by atoms with Crippen molar-refractivity contribution < 1.29 is 9.90 Å². The van der Waals surface area contributed by atoms with Gasteiger partial charge in [-0.15, -0.1) is 0 Å². The second-order valence-corrected chi connectivity index (χ2v) is 5.65. The van der Waals surface area contributed by atoms with E-state index in [1.54, 1.807) is 0 Å². The van der Waals surface area contributed by atoms with Gasteiger partial charge in [-0.05, 0) is 37.5 Å². The maximum absolute atomic E-state index is 11.1. The lowest BCUT2D eigenvalue weighted by Crippen LogP contribution is -2.26. The molecule has 0 unspecified atom stereocenters. The Balaban J connectivity index is 1.81. The van der Waals surface area contributed by atoms with Crippen molar-refractivity contribution >= 4 is 5.97 Å². The lowest BCUT2D eigenvalue weighted by Gasteiger charge is -2.32. The number of carbonyl (C=O) groups is 1. The molecule has 1 aromatic rings. The average Bonchev–Trinajstić information content (AvgIpc) is 2.97. The molecule has 4 nitrogen and oxygen atoms in total. The molecule has 2 aliphatic rings. The molecule has 4 heteroatoms. The van der Waals surface area contributed by atoms with Crippen LogP contribution in [0.3, 0.4) is 0 Å². The highest BCUT2D eigenvalue weighted by Gasteiger charge is 2.34. The molecule has 0 spiro atoms. The van der Waals surface area contributed by atoms with E-state index in [1.807, 2.05) is 4.68 Å². The van der Waals surface area contributed by atoms with Crippen LogP contribution in [0.4, 0.5) is 0 Å². The second kappa shape index (κ2) is 3.86. The number of hydrogen-bond donors (Lipinski definition) is 1. The van der Waals surface area contributed by atoms with E-state index in [2.05, 4.69) is 12.0 Å². The summed E-state index contributed by atoms with van der Waals surface area (Å²) < 4.78 is 1.96. The highest BCUT2D eigenvalue weighted by Crippen LogP contribution is 2.43. The first-order chi connectivity index (χ1) is 8.15. The number of carboxylic acid groups (broad SMARTS) is 1. The van der Waals surface area contributed by atoms with Crippen LogP contribution in [0.5, 0.6) is 0 Å². The minimum Gasteiger partial charge on any atom is -0.478 e. The predicted octanol–water partition coefficient (Wildman–Crippen LogP) is 2.50. The molecule has 0 aromatic carbocycles. The van der Waals surface area contributed by atoms with Crippen molar-refractivity contribution in [3.05, 3.63) is 17.5 Å². The average molecular weight is 234 g/mol. The lowest BCUT2D eigenvalue weighted by atomic mass is 9.76. The van der Waals surface area contributed by atoms with E-state index in [4.69, 9.17) is 5.11 Å². The van der Waals surface area contributed by atoms with E-state index in [-0.39, 0.29) is 0 Å². The van der Waals surface area contributed by atoms with Crippen molar-refractivity contribution in [3.63, 3.8) is 0 Å². The first-order valence-corrected chi connectivity index (χ1v) is 6.44. The zero-order valence-corrected chi connectivity index (χ0v) is 10.1. The quantitative estimate of drug-likeness (QED) is 0.870. The molecule has 1 N–H and O–H groups in total. The number of carboxylic acids is 1. The van der Waals surface area contributed by atoms with Crippen LogP contribution in [-0.2, 0) is 6.54 Å². The fourth-order valence-corrected chi connectivity index (χ4v) is 2.96. The minimum absolute atomic E-state index is 0.417. The molecular formula is C13H18N2O2. The van der Waals surface area contributed by atoms with E-state index < -0.39 is 5.97 Å². The van der Waals surface area contributed by atoms with Crippen LogP contribution in [0, 0.1) is 11.8 Å². The van der Waals surface area contributed by atoms with Crippen LogP contribution >= 0.6 is 0 Å². The van der Waals surface area contributed by atoms with Crippen molar-refractivity contribution in [3.8, 4) is 0 Å². The second-order valence-electron chi connectivity index (χ2n) is 5.65. The summed E-state index contributed by atoms with van der Waals surface area (Å²) >= 11 is 0. The van der Waals surface area contributed by atoms with E-state index in [9.17, 15) is 4.79 Å². The predicted molar refractivity (Wildman–Crippen MR) is 63.0 cm³/mol. The van der Waals surface area contributed by atoms with Crippen molar-refractivity contribution in [2.24, 2.45) is 11.8 Å². The van der Waals surface area contributed by atoms with Gasteiger partial charge in [0.2, 0.25) is 0 Å². The van der Waals surface area contributed by atoms with E-state index in [0.29, 0.717) is 17.4 Å². The number of rotatable bonds is 4. The molecule has 92 valence electrons. The van der Waals surface area contributed by atoms with E-state index >= 15 is 0 Å². The number of aromatic carboxylic acids is 1. The molecule has 3 rings (SSSR count). The largest absolute Gasteiger partial charge is 0.478 e. The topological polar surface area (TPSA) is 55.1 Å². The van der Waals surface area contributed by atoms with E-state index in [0.717, 1.165) is 31.0 Å². The number of aromatic nitrogens is 2. The van der Waals surface area contributed by atoms with Crippen LogP contribution in [0.2, 0.25) is 0 Å². The van der Waals surface area contributed by atoms with Gasteiger partial charge in [0.15, 0.2) is 0 Å². The summed E-state index contributed by atoms with van der Waals surface area (Å²) in [7, 11) is 0. The Morgan fingerprint density at radius 2 is 2.24 bits per heavy atom. The van der Waals surface area contributed by atoms with Gasteiger partial charge in [0, 0.05) is 12.5 Å². The Labute approximate surface area is 101 Å². The molecule has 0 radical (unpaired) electrons. The van der Waals surface area contributed by atoms with Gasteiger partial charge in [-0.2, -0.15) is 5.10 Å². The molecule has 2 fully saturated rings. The Hall–Kier alpha value is -1.32. The summed E-state index contributed by atoms with van der Waals surface area (Å²) in [5.41, 5.74) is 1.39. The van der Waals surface area contributed by atoms with Gasteiger partial charge in [0.05, 0.1) is 11.9 Å². The Kier molecular flexibility index (Phi) is 2.45. The highest BCUT2D eigenvalue weighted by molar-refractivity contribution is 5.89. The van der Waals surface area contributed by atoms with Crippen LogP contribution in [-0.4, -0.2) is 20.9 Å². The molecule has 0 atom stereocenters. The summed E-state index contributed by atoms with van der Waals surface area (Å²) in [5, 5.41) is 13.4. The zero-order valence-electron chi connectivity index (χ0n) is 10.1. The standard InChI is InChI=1S/C13H18N2O2/c1-8-4-9(5-8)7-15-12(10-2-3-10)11(6-14-15)13(16)17/h6,8-10H,2-5,7H2,1H3,(H,16,17). The molecule has 0 bridgehead atoms. The Morgan fingerprint density at radius 1 is 1.53 bits per heavy atom. The van der Waals surface area contributed by atoms with Crippen LogP contribution in [0.15, 0.2) is 6.20 Å². The normalized spacial score (nSPS) is 27.8. The minimum atomic E-state index is -0.833. The molecule has 0 aliphatic heterocycles. The summed E-state index contributed by atoms with van der Waals surface area (Å²) in [4.78, 5) is 11.1. The van der Waals surface area contributed by atoms with Crippen LogP contribution in [0.25, 0.3) is 0 Å². The molecule has 2 aliphatic carbocycles. The van der Waals surface area contributed by atoms with Gasteiger partial charge in [-0.1, -0.05) is 6.92 Å². The third kappa shape index (κ3) is 1.96. The Bertz CT molecular complexity index is 442. The molecule has 2 saturated carbocycles. The first kappa shape index (κ1) is 10.8. The van der Waals surface area contributed by atoms with Crippen LogP contribution < -0.4 is 0 Å². The van der Waals surface area contributed by atoms with E-state index in [1.165, 1.54) is 19.0 Å². The van der Waals surface area contributed by atoms with Crippen molar-refractivity contribution in [1.82, 2.24) is 9.78 Å². The van der Waals surface area contributed by atoms with Crippen molar-refractivity contribution in [2.75, 3.05) is 0 Å². The first-order valence-electron chi connectivity index (χ1n) is 6.44. The van der Waals surface area contributed by atoms with Gasteiger partial charge < -0.3 is 5.11 Å². The molecular weight excluding hydrogens is 216 g/mol. The van der Waals surface area contributed by atoms with Crippen LogP contribution in [0.1, 0.15) is 54.6 Å². The van der Waals surface area contributed by atoms with Gasteiger partial charge in [-0.25, -0.2) is 4.79 Å². The lowest BCUT2D eigenvalue weighted by molar-refractivity contribution is 0.0695. The molecule has 0 amide bonds. The molecule has 1 aromatic heterocycles. The maximum Gasteiger partial charge on any atom is 0.339 e. The summed E-state index contributed by atoms with van der Waals surface area (Å²) in [5.74, 6) is 1.14. The van der Waals surface area contributed by atoms with Crippen molar-refractivity contribution in [1.29, 1.82) is 0 Å². The van der Waals surface area contributed by atoms with Gasteiger partial charge in [0.25, 0.3) is 0 Å². The van der Waals surface area contributed by atoms with Gasteiger partial charge >= 0.3 is 5.97 Å². The zero-order chi connectivity index (χ0) is 12.0. The molecule has 17 heavy (non-hydrogen) atoms. The third-order valence-corrected chi connectivity index (χ3v) is 3.98. The number of nitrogens with zero attached hydrogens (tertiary/aromatic N) is 2. The maximum atomic E-state index is 11.1. The fraction of sp³-hybridized carbons (Fsp3) is 0.692. The number of hydrogen-bond acceptors (Lipinski definition) is 2. The SMILES string of the molecule is CC1CC(Cn2ncc(C(=O)O)c2C2CC2)C1. The molecule has 0 saturated heterocycles. The molecule has 1 heterocycles. The fourth-order valence-electron chi connectivity index (χ4n) is 2.96. The summed E-state index contributed by atoms with van der Waals surface area (Å²) in [6.07, 6.45) is 6.27. The van der Waals surface area contributed by atoms with Crippen molar-refractivity contribution in [2.45, 2.75) is 45.1 Å². The van der Waals surface area contributed by atoms with Gasteiger partial charge in [0.1, 0.15) is 5.56 Å². The summed E-state index contributed by atoms with van der Waals surface area (Å²) in [6, 6.07) is 0. The third-order valence-electron chi connectivity index (χ3n) is 3.98. The summed E-state index contributed by atoms with van der Waals surface area (Å²) in [6.45, 7) is 3.17.